The molecule has 42 heavy (non-hydrogen) atoms. The summed E-state index contributed by atoms with van der Waals surface area (Å²) in [6.07, 6.45) is 1.70. The first-order valence-electron chi connectivity index (χ1n) is 15.0. The molecule has 2 atom stereocenters. The first-order chi connectivity index (χ1) is 19.7. The molecule has 1 aromatic rings. The molecule has 3 heterocycles. The average Bonchev–Trinajstić information content (AvgIpc) is 2.95. The van der Waals surface area contributed by atoms with Gasteiger partial charge in [0.05, 0.1) is 4.90 Å². The summed E-state index contributed by atoms with van der Waals surface area (Å²) in [7, 11) is -4.23. The number of ether oxygens (including phenoxy) is 1. The summed E-state index contributed by atoms with van der Waals surface area (Å²) in [4.78, 5) is 44.1. The Morgan fingerprint density at radius 1 is 0.929 bits per heavy atom. The minimum atomic E-state index is -4.23. The smallest absolute Gasteiger partial charge is 0.410 e. The van der Waals surface area contributed by atoms with Gasteiger partial charge >= 0.3 is 6.09 Å². The molecule has 11 nitrogen and oxygen atoms in total. The lowest BCUT2D eigenvalue weighted by Crippen LogP contribution is -2.58. The third-order valence-corrected chi connectivity index (χ3v) is 11.3. The zero-order valence-electron chi connectivity index (χ0n) is 25.5. The second kappa shape index (κ2) is 12.4. The normalized spacial score (nSPS) is 23.8. The van der Waals surface area contributed by atoms with E-state index >= 15 is 0 Å². The summed E-state index contributed by atoms with van der Waals surface area (Å²) >= 11 is 0. The molecule has 234 valence electrons. The molecule has 3 aliphatic heterocycles. The minimum absolute atomic E-state index is 0.00167. The summed E-state index contributed by atoms with van der Waals surface area (Å²) in [6, 6.07) is 6.43. The van der Waals surface area contributed by atoms with Gasteiger partial charge in [-0.05, 0) is 89.0 Å². The van der Waals surface area contributed by atoms with Gasteiger partial charge in [0.2, 0.25) is 5.91 Å². The number of carbonyl (C=O) groups excluding carboxylic acids is 3. The van der Waals surface area contributed by atoms with Crippen molar-refractivity contribution in [2.45, 2.75) is 82.0 Å². The van der Waals surface area contributed by atoms with Crippen LogP contribution in [0.15, 0.2) is 29.2 Å². The maximum Gasteiger partial charge on any atom is 0.410 e. The van der Waals surface area contributed by atoms with E-state index < -0.39 is 32.2 Å². The van der Waals surface area contributed by atoms with Crippen LogP contribution in [0.2, 0.25) is 0 Å². The number of nitrogens with zero attached hydrogens (tertiary/aromatic N) is 3. The SMILES string of the molecule is CC1CC(C)CN(C(=O)C2CCN(c3ccc(S(=O)(=O)C4(C(=O)NO)CCN(C(=O)OC(C)(C)C)CC4)cc3)CC2)C1. The first kappa shape index (κ1) is 32.1. The molecule has 1 aromatic carbocycles. The molecule has 0 bridgehead atoms. The molecule has 4 rings (SSSR count). The van der Waals surface area contributed by atoms with E-state index in [2.05, 4.69) is 18.7 Å². The van der Waals surface area contributed by atoms with Gasteiger partial charge in [-0.3, -0.25) is 14.8 Å². The van der Waals surface area contributed by atoms with Gasteiger partial charge < -0.3 is 19.4 Å². The van der Waals surface area contributed by atoms with E-state index in [9.17, 15) is 28.0 Å². The number of carbonyl (C=O) groups is 3. The highest BCUT2D eigenvalue weighted by atomic mass is 32.2. The lowest BCUT2D eigenvalue weighted by molar-refractivity contribution is -0.139. The molecule has 3 amide bonds. The van der Waals surface area contributed by atoms with Crippen LogP contribution in [0.4, 0.5) is 10.5 Å². The highest BCUT2D eigenvalue weighted by molar-refractivity contribution is 7.93. The standard InChI is InChI=1S/C30H46N4O7S/c1-21-18-22(2)20-34(19-21)26(35)23-10-14-32(15-11-23)24-6-8-25(9-7-24)42(39,40)30(27(36)31-38)12-16-33(17-13-30)28(37)41-29(3,4)5/h6-9,21-23,38H,10-20H2,1-5H3,(H,31,36). The highest BCUT2D eigenvalue weighted by Crippen LogP contribution is 2.37. The lowest BCUT2D eigenvalue weighted by atomic mass is 9.89. The van der Waals surface area contributed by atoms with Crippen molar-refractivity contribution >= 4 is 33.4 Å². The van der Waals surface area contributed by atoms with Gasteiger partial charge in [-0.15, -0.1) is 0 Å². The third-order valence-electron chi connectivity index (χ3n) is 8.79. The largest absolute Gasteiger partial charge is 0.444 e. The Morgan fingerprint density at radius 2 is 1.48 bits per heavy atom. The number of hydroxylamine groups is 1. The molecule has 0 spiro atoms. The summed E-state index contributed by atoms with van der Waals surface area (Å²) in [5.41, 5.74) is 1.68. The van der Waals surface area contributed by atoms with Gasteiger partial charge in [-0.2, -0.15) is 0 Å². The number of piperidine rings is 3. The number of likely N-dealkylation sites (tertiary alicyclic amines) is 2. The highest BCUT2D eigenvalue weighted by Gasteiger charge is 2.53. The zero-order valence-corrected chi connectivity index (χ0v) is 26.3. The number of amides is 3. The van der Waals surface area contributed by atoms with E-state index in [0.717, 1.165) is 38.0 Å². The van der Waals surface area contributed by atoms with E-state index in [-0.39, 0.29) is 42.7 Å². The zero-order chi connectivity index (χ0) is 30.9. The van der Waals surface area contributed by atoms with Crippen molar-refractivity contribution in [2.75, 3.05) is 44.2 Å². The molecular weight excluding hydrogens is 560 g/mol. The molecule has 12 heteroatoms. The van der Waals surface area contributed by atoms with Crippen LogP contribution in [-0.2, 0) is 24.2 Å². The van der Waals surface area contributed by atoms with E-state index in [1.54, 1.807) is 38.4 Å². The molecule has 2 unspecified atom stereocenters. The van der Waals surface area contributed by atoms with Crippen LogP contribution in [0, 0.1) is 17.8 Å². The number of hydrogen-bond acceptors (Lipinski definition) is 8. The van der Waals surface area contributed by atoms with Crippen molar-refractivity contribution < 1.29 is 32.7 Å². The lowest BCUT2D eigenvalue weighted by Gasteiger charge is -2.40. The van der Waals surface area contributed by atoms with Crippen molar-refractivity contribution in [2.24, 2.45) is 17.8 Å². The first-order valence-corrected chi connectivity index (χ1v) is 16.5. The number of benzene rings is 1. The molecule has 0 aromatic heterocycles. The monoisotopic (exact) mass is 606 g/mol. The Labute approximate surface area is 249 Å². The summed E-state index contributed by atoms with van der Waals surface area (Å²) in [5, 5.41) is 9.47. The predicted octanol–water partition coefficient (Wildman–Crippen LogP) is 3.46. The Kier molecular flexibility index (Phi) is 9.46. The van der Waals surface area contributed by atoms with E-state index in [0.29, 0.717) is 24.9 Å². The third kappa shape index (κ3) is 6.69. The van der Waals surface area contributed by atoms with Crippen molar-refractivity contribution in [3.05, 3.63) is 24.3 Å². The van der Waals surface area contributed by atoms with Crippen molar-refractivity contribution in [3.8, 4) is 0 Å². The number of rotatable bonds is 5. The number of sulfone groups is 1. The molecular formula is C30H46N4O7S. The molecule has 3 saturated heterocycles. The van der Waals surface area contributed by atoms with E-state index in [4.69, 9.17) is 4.74 Å². The van der Waals surface area contributed by atoms with Crippen LogP contribution in [-0.4, -0.2) is 90.9 Å². The Morgan fingerprint density at radius 3 is 1.98 bits per heavy atom. The van der Waals surface area contributed by atoms with Gasteiger partial charge in [0, 0.05) is 50.9 Å². The maximum atomic E-state index is 13.9. The molecule has 3 aliphatic rings. The molecule has 0 saturated carbocycles. The van der Waals surface area contributed by atoms with Crippen LogP contribution >= 0.6 is 0 Å². The maximum absolute atomic E-state index is 13.9. The number of anilines is 1. The summed E-state index contributed by atoms with van der Waals surface area (Å²) < 4.78 is 31.2. The van der Waals surface area contributed by atoms with Crippen LogP contribution in [0.25, 0.3) is 0 Å². The summed E-state index contributed by atoms with van der Waals surface area (Å²) in [6.45, 7) is 12.6. The molecule has 0 radical (unpaired) electrons. The van der Waals surface area contributed by atoms with Gasteiger partial charge in [0.25, 0.3) is 5.91 Å². The Bertz CT molecular complexity index is 1240. The van der Waals surface area contributed by atoms with Gasteiger partial charge in [0.1, 0.15) is 5.60 Å². The van der Waals surface area contributed by atoms with Gasteiger partial charge in [-0.25, -0.2) is 18.7 Å². The van der Waals surface area contributed by atoms with Gasteiger partial charge in [0.15, 0.2) is 14.6 Å². The molecule has 3 fully saturated rings. The minimum Gasteiger partial charge on any atom is -0.444 e. The average molecular weight is 607 g/mol. The van der Waals surface area contributed by atoms with Gasteiger partial charge in [-0.1, -0.05) is 13.8 Å². The van der Waals surface area contributed by atoms with Crippen LogP contribution in [0.5, 0.6) is 0 Å². The molecule has 0 aliphatic carbocycles. The van der Waals surface area contributed by atoms with Crippen LogP contribution in [0.1, 0.15) is 66.7 Å². The van der Waals surface area contributed by atoms with Crippen molar-refractivity contribution in [3.63, 3.8) is 0 Å². The van der Waals surface area contributed by atoms with Crippen molar-refractivity contribution in [1.82, 2.24) is 15.3 Å². The Hall–Kier alpha value is -2.86. The second-order valence-electron chi connectivity index (χ2n) is 13.4. The fourth-order valence-electron chi connectivity index (χ4n) is 6.64. The fourth-order valence-corrected chi connectivity index (χ4v) is 8.60. The predicted molar refractivity (Wildman–Crippen MR) is 158 cm³/mol. The number of hydrogen-bond donors (Lipinski definition) is 2. The fraction of sp³-hybridized carbons (Fsp3) is 0.700. The van der Waals surface area contributed by atoms with Crippen LogP contribution < -0.4 is 10.4 Å². The number of nitrogens with one attached hydrogen (secondary N) is 1. The topological polar surface area (TPSA) is 137 Å². The second-order valence-corrected chi connectivity index (χ2v) is 15.6. The molecule has 2 N–H and O–H groups in total. The van der Waals surface area contributed by atoms with Crippen LogP contribution in [0.3, 0.4) is 0 Å². The summed E-state index contributed by atoms with van der Waals surface area (Å²) in [5.74, 6) is 0.279. The van der Waals surface area contributed by atoms with Crippen molar-refractivity contribution in [1.29, 1.82) is 0 Å². The van der Waals surface area contributed by atoms with E-state index in [1.165, 1.54) is 17.0 Å². The Balaban J connectivity index is 1.42. The quantitative estimate of drug-likeness (QED) is 0.384. The van der Waals surface area contributed by atoms with E-state index in [1.807, 2.05) is 4.90 Å².